The largest absolute Gasteiger partial charge is 0.325 e. The summed E-state index contributed by atoms with van der Waals surface area (Å²) in [5, 5.41) is 3.64. The minimum absolute atomic E-state index is 0.0820. The van der Waals surface area contributed by atoms with Gasteiger partial charge < -0.3 is 4.90 Å². The highest BCUT2D eigenvalue weighted by Crippen LogP contribution is 2.34. The molecule has 2 aliphatic heterocycles. The predicted octanol–water partition coefficient (Wildman–Crippen LogP) is 2.86. The van der Waals surface area contributed by atoms with Crippen LogP contribution in [0.15, 0.2) is 0 Å². The molecular weight excluding hydrogens is 268 g/mol. The molecule has 0 bridgehead atoms. The number of amides is 1. The van der Waals surface area contributed by atoms with E-state index < -0.39 is 0 Å². The van der Waals surface area contributed by atoms with Gasteiger partial charge in [-0.05, 0) is 55.4 Å². The first-order valence-electron chi connectivity index (χ1n) is 8.44. The van der Waals surface area contributed by atoms with Gasteiger partial charge in [-0.25, -0.2) is 0 Å². The van der Waals surface area contributed by atoms with E-state index >= 15 is 0 Å². The first-order valence-corrected chi connectivity index (χ1v) is 9.59. The highest BCUT2D eigenvalue weighted by molar-refractivity contribution is 7.99. The summed E-state index contributed by atoms with van der Waals surface area (Å²) in [6.07, 6.45) is 9.16. The van der Waals surface area contributed by atoms with E-state index in [2.05, 4.69) is 28.9 Å². The van der Waals surface area contributed by atoms with Gasteiger partial charge in [-0.3, -0.25) is 10.1 Å². The van der Waals surface area contributed by atoms with Crippen molar-refractivity contribution in [2.75, 3.05) is 18.1 Å². The topological polar surface area (TPSA) is 32.3 Å². The van der Waals surface area contributed by atoms with Gasteiger partial charge in [0, 0.05) is 6.54 Å². The van der Waals surface area contributed by atoms with E-state index in [4.69, 9.17) is 0 Å². The lowest BCUT2D eigenvalue weighted by molar-refractivity contribution is -0.131. The number of thioether (sulfide) groups is 1. The summed E-state index contributed by atoms with van der Waals surface area (Å²) >= 11 is 2.07. The molecule has 114 valence electrons. The smallest absolute Gasteiger partial charge is 0.241 e. The molecule has 0 spiro atoms. The molecule has 2 heterocycles. The zero-order valence-corrected chi connectivity index (χ0v) is 13.5. The second-order valence-corrected chi connectivity index (χ2v) is 7.89. The number of nitrogens with zero attached hydrogens (tertiary/aromatic N) is 1. The average Bonchev–Trinajstić information content (AvgIpc) is 3.10. The third-order valence-electron chi connectivity index (χ3n) is 5.34. The Bertz CT molecular complexity index is 337. The van der Waals surface area contributed by atoms with E-state index in [1.165, 1.54) is 50.0 Å². The minimum atomic E-state index is 0.0820. The van der Waals surface area contributed by atoms with Crippen molar-refractivity contribution in [1.82, 2.24) is 10.2 Å². The van der Waals surface area contributed by atoms with E-state index in [0.717, 1.165) is 18.9 Å². The Morgan fingerprint density at radius 1 is 1.20 bits per heavy atom. The molecule has 20 heavy (non-hydrogen) atoms. The molecular formula is C16H28N2OS. The van der Waals surface area contributed by atoms with Crippen molar-refractivity contribution in [3.63, 3.8) is 0 Å². The number of carbonyl (C=O) groups excluding carboxylic acids is 1. The number of nitrogens with one attached hydrogen (secondary N) is 1. The minimum Gasteiger partial charge on any atom is -0.325 e. The summed E-state index contributed by atoms with van der Waals surface area (Å²) in [7, 11) is 0. The van der Waals surface area contributed by atoms with Crippen LogP contribution in [-0.2, 0) is 4.79 Å². The van der Waals surface area contributed by atoms with Crippen LogP contribution in [0.25, 0.3) is 0 Å². The van der Waals surface area contributed by atoms with Crippen molar-refractivity contribution in [2.24, 2.45) is 11.8 Å². The van der Waals surface area contributed by atoms with Gasteiger partial charge in [-0.15, -0.1) is 0 Å². The molecule has 1 saturated carbocycles. The maximum atomic E-state index is 12.6. The van der Waals surface area contributed by atoms with Crippen molar-refractivity contribution in [3.05, 3.63) is 0 Å². The Morgan fingerprint density at radius 2 is 1.90 bits per heavy atom. The standard InChI is InChI=1S/C16H28N2OS/c1-2-14-16(19)18(11-12-7-9-20-10-8-12)15(17-14)13-5-3-4-6-13/h12-15,17H,2-11H2,1H3. The zero-order chi connectivity index (χ0) is 13.9. The van der Waals surface area contributed by atoms with Gasteiger partial charge in [-0.1, -0.05) is 19.8 Å². The van der Waals surface area contributed by atoms with Crippen LogP contribution in [0.2, 0.25) is 0 Å². The van der Waals surface area contributed by atoms with E-state index in [9.17, 15) is 4.79 Å². The lowest BCUT2D eigenvalue weighted by Gasteiger charge is -2.33. The fourth-order valence-corrected chi connectivity index (χ4v) is 5.28. The third kappa shape index (κ3) is 3.01. The van der Waals surface area contributed by atoms with Crippen molar-refractivity contribution >= 4 is 17.7 Å². The first-order chi connectivity index (χ1) is 9.79. The van der Waals surface area contributed by atoms with Crippen LogP contribution in [-0.4, -0.2) is 41.1 Å². The molecule has 3 fully saturated rings. The monoisotopic (exact) mass is 296 g/mol. The van der Waals surface area contributed by atoms with Crippen LogP contribution in [0, 0.1) is 11.8 Å². The van der Waals surface area contributed by atoms with E-state index in [1.54, 1.807) is 0 Å². The molecule has 3 nitrogen and oxygen atoms in total. The van der Waals surface area contributed by atoms with Crippen molar-refractivity contribution < 1.29 is 4.79 Å². The molecule has 0 radical (unpaired) electrons. The second kappa shape index (κ2) is 6.69. The molecule has 2 atom stereocenters. The molecule has 2 unspecified atom stereocenters. The third-order valence-corrected chi connectivity index (χ3v) is 6.39. The van der Waals surface area contributed by atoms with Gasteiger partial charge in [0.25, 0.3) is 0 Å². The fourth-order valence-electron chi connectivity index (χ4n) is 4.07. The van der Waals surface area contributed by atoms with Crippen LogP contribution in [0.5, 0.6) is 0 Å². The zero-order valence-electron chi connectivity index (χ0n) is 12.6. The summed E-state index contributed by atoms with van der Waals surface area (Å²) in [5.74, 6) is 4.38. The number of hydrogen-bond acceptors (Lipinski definition) is 3. The van der Waals surface area contributed by atoms with Crippen LogP contribution in [0.1, 0.15) is 51.9 Å². The second-order valence-electron chi connectivity index (χ2n) is 6.66. The average molecular weight is 296 g/mol. The van der Waals surface area contributed by atoms with Gasteiger partial charge >= 0.3 is 0 Å². The van der Waals surface area contributed by atoms with Crippen LogP contribution in [0.3, 0.4) is 0 Å². The summed E-state index contributed by atoms with van der Waals surface area (Å²) in [6.45, 7) is 3.13. The number of rotatable bonds is 4. The lowest BCUT2D eigenvalue weighted by atomic mass is 9.99. The predicted molar refractivity (Wildman–Crippen MR) is 84.7 cm³/mol. The molecule has 0 aromatic heterocycles. The Labute approximate surface area is 127 Å². The molecule has 1 aliphatic carbocycles. The first kappa shape index (κ1) is 14.7. The van der Waals surface area contributed by atoms with E-state index in [1.807, 2.05) is 0 Å². The van der Waals surface area contributed by atoms with Crippen molar-refractivity contribution in [2.45, 2.75) is 64.1 Å². The molecule has 3 rings (SSSR count). The maximum Gasteiger partial charge on any atom is 0.241 e. The molecule has 4 heteroatoms. The highest BCUT2D eigenvalue weighted by Gasteiger charge is 2.42. The van der Waals surface area contributed by atoms with E-state index in [0.29, 0.717) is 18.0 Å². The Kier molecular flexibility index (Phi) is 4.92. The van der Waals surface area contributed by atoms with Gasteiger partial charge in [0.2, 0.25) is 5.91 Å². The molecule has 3 aliphatic rings. The summed E-state index contributed by atoms with van der Waals surface area (Å²) in [6, 6.07) is 0.0820. The fraction of sp³-hybridized carbons (Fsp3) is 0.938. The quantitative estimate of drug-likeness (QED) is 0.866. The van der Waals surface area contributed by atoms with Gasteiger partial charge in [0.15, 0.2) is 0 Å². The van der Waals surface area contributed by atoms with E-state index in [-0.39, 0.29) is 6.04 Å². The normalized spacial score (nSPS) is 33.2. The Morgan fingerprint density at radius 3 is 2.55 bits per heavy atom. The van der Waals surface area contributed by atoms with Crippen molar-refractivity contribution in [1.29, 1.82) is 0 Å². The van der Waals surface area contributed by atoms with Gasteiger partial charge in [-0.2, -0.15) is 11.8 Å². The Balaban J connectivity index is 1.67. The van der Waals surface area contributed by atoms with Crippen LogP contribution >= 0.6 is 11.8 Å². The van der Waals surface area contributed by atoms with Crippen LogP contribution in [0.4, 0.5) is 0 Å². The number of hydrogen-bond donors (Lipinski definition) is 1. The van der Waals surface area contributed by atoms with Crippen LogP contribution < -0.4 is 5.32 Å². The SMILES string of the molecule is CCC1NC(C2CCCC2)N(CC2CCSCC2)C1=O. The highest BCUT2D eigenvalue weighted by atomic mass is 32.2. The summed E-state index contributed by atoms with van der Waals surface area (Å²) < 4.78 is 0. The summed E-state index contributed by atoms with van der Waals surface area (Å²) in [5.41, 5.74) is 0. The molecule has 2 saturated heterocycles. The summed E-state index contributed by atoms with van der Waals surface area (Å²) in [4.78, 5) is 14.9. The molecule has 0 aromatic carbocycles. The Hall–Kier alpha value is -0.220. The molecule has 0 aromatic rings. The molecule has 1 N–H and O–H groups in total. The van der Waals surface area contributed by atoms with Gasteiger partial charge in [0.1, 0.15) is 0 Å². The maximum absolute atomic E-state index is 12.6. The lowest BCUT2D eigenvalue weighted by Crippen LogP contribution is -2.45. The van der Waals surface area contributed by atoms with Gasteiger partial charge in [0.05, 0.1) is 12.2 Å². The van der Waals surface area contributed by atoms with Crippen molar-refractivity contribution in [3.8, 4) is 0 Å². The number of carbonyl (C=O) groups is 1. The molecule has 1 amide bonds.